The molecule has 76 valence electrons. The Morgan fingerprint density at radius 1 is 1.21 bits per heavy atom. The lowest BCUT2D eigenvalue weighted by atomic mass is 9.85. The van der Waals surface area contributed by atoms with E-state index in [0.717, 1.165) is 19.1 Å². The third-order valence-electron chi connectivity index (χ3n) is 2.46. The highest BCUT2D eigenvalue weighted by Crippen LogP contribution is 2.21. The maximum Gasteiger partial charge on any atom is 0.125 e. The van der Waals surface area contributed by atoms with Crippen LogP contribution in [0.1, 0.15) is 31.9 Å². The number of carbonyl (C=O) groups is 1. The summed E-state index contributed by atoms with van der Waals surface area (Å²) in [6.07, 6.45) is 2.91. The number of carbonyl (C=O) groups excluding carboxylic acids is 1. The summed E-state index contributed by atoms with van der Waals surface area (Å²) >= 11 is 0. The largest absolute Gasteiger partial charge is 0.303 e. The van der Waals surface area contributed by atoms with Gasteiger partial charge in [-0.05, 0) is 24.0 Å². The van der Waals surface area contributed by atoms with Crippen LogP contribution >= 0.6 is 0 Å². The second-order valence-electron chi connectivity index (χ2n) is 4.41. The molecule has 14 heavy (non-hydrogen) atoms. The maximum atomic E-state index is 10.8. The molecule has 0 saturated carbocycles. The van der Waals surface area contributed by atoms with Crippen molar-refractivity contribution in [2.75, 3.05) is 0 Å². The average molecular weight is 190 g/mol. The molecular formula is C13H18O. The fourth-order valence-corrected chi connectivity index (χ4v) is 1.61. The van der Waals surface area contributed by atoms with Crippen molar-refractivity contribution < 1.29 is 4.79 Å². The third-order valence-corrected chi connectivity index (χ3v) is 2.46. The number of hydrogen-bond donors (Lipinski definition) is 0. The summed E-state index contributed by atoms with van der Waals surface area (Å²) in [6, 6.07) is 8.34. The third kappa shape index (κ3) is 2.69. The van der Waals surface area contributed by atoms with E-state index in [-0.39, 0.29) is 5.41 Å². The SMILES string of the molecule is CCc1ccccc1CC(C)(C)C=O. The highest BCUT2D eigenvalue weighted by Gasteiger charge is 2.18. The van der Waals surface area contributed by atoms with Crippen LogP contribution in [0, 0.1) is 5.41 Å². The van der Waals surface area contributed by atoms with E-state index in [2.05, 4.69) is 25.1 Å². The van der Waals surface area contributed by atoms with Crippen LogP contribution in [0.25, 0.3) is 0 Å². The van der Waals surface area contributed by atoms with Gasteiger partial charge in [0.15, 0.2) is 0 Å². The molecule has 0 spiro atoms. The van der Waals surface area contributed by atoms with E-state index in [1.807, 2.05) is 19.9 Å². The molecule has 0 atom stereocenters. The second-order valence-corrected chi connectivity index (χ2v) is 4.41. The molecule has 0 bridgehead atoms. The van der Waals surface area contributed by atoms with E-state index in [4.69, 9.17) is 0 Å². The van der Waals surface area contributed by atoms with Crippen LogP contribution < -0.4 is 0 Å². The van der Waals surface area contributed by atoms with Crippen LogP contribution in [0.5, 0.6) is 0 Å². The molecular weight excluding hydrogens is 172 g/mol. The molecule has 0 fully saturated rings. The van der Waals surface area contributed by atoms with Crippen LogP contribution in [-0.2, 0) is 17.6 Å². The van der Waals surface area contributed by atoms with Crippen LogP contribution in [-0.4, -0.2) is 6.29 Å². The Kier molecular flexibility index (Phi) is 3.45. The molecule has 0 aliphatic heterocycles. The molecule has 0 heterocycles. The van der Waals surface area contributed by atoms with E-state index in [1.165, 1.54) is 11.1 Å². The summed E-state index contributed by atoms with van der Waals surface area (Å²) < 4.78 is 0. The van der Waals surface area contributed by atoms with Gasteiger partial charge < -0.3 is 4.79 Å². The summed E-state index contributed by atoms with van der Waals surface area (Å²) in [7, 11) is 0. The molecule has 1 heteroatoms. The van der Waals surface area contributed by atoms with Gasteiger partial charge in [0.1, 0.15) is 6.29 Å². The van der Waals surface area contributed by atoms with Crippen LogP contribution in [0.15, 0.2) is 24.3 Å². The molecule has 1 nitrogen and oxygen atoms in total. The molecule has 0 aromatic heterocycles. The summed E-state index contributed by atoms with van der Waals surface area (Å²) in [4.78, 5) is 10.8. The molecule has 0 aliphatic rings. The zero-order valence-corrected chi connectivity index (χ0v) is 9.21. The first kappa shape index (κ1) is 11.0. The van der Waals surface area contributed by atoms with E-state index in [9.17, 15) is 4.79 Å². The first-order valence-corrected chi connectivity index (χ1v) is 5.12. The van der Waals surface area contributed by atoms with Crippen molar-refractivity contribution in [1.29, 1.82) is 0 Å². The van der Waals surface area contributed by atoms with Crippen molar-refractivity contribution in [2.45, 2.75) is 33.6 Å². The predicted octanol–water partition coefficient (Wildman–Crippen LogP) is 3.02. The summed E-state index contributed by atoms with van der Waals surface area (Å²) in [5.41, 5.74) is 2.40. The molecule has 1 aromatic carbocycles. The molecule has 0 saturated heterocycles. The van der Waals surface area contributed by atoms with Crippen molar-refractivity contribution in [3.63, 3.8) is 0 Å². The van der Waals surface area contributed by atoms with E-state index < -0.39 is 0 Å². The summed E-state index contributed by atoms with van der Waals surface area (Å²) in [6.45, 7) is 6.10. The van der Waals surface area contributed by atoms with Crippen LogP contribution in [0.4, 0.5) is 0 Å². The predicted molar refractivity (Wildman–Crippen MR) is 59.4 cm³/mol. The molecule has 0 radical (unpaired) electrons. The van der Waals surface area contributed by atoms with Gasteiger partial charge in [-0.3, -0.25) is 0 Å². The van der Waals surface area contributed by atoms with Gasteiger partial charge in [-0.2, -0.15) is 0 Å². The fourth-order valence-electron chi connectivity index (χ4n) is 1.61. The Morgan fingerprint density at radius 3 is 2.29 bits per heavy atom. The van der Waals surface area contributed by atoms with Crippen molar-refractivity contribution in [3.05, 3.63) is 35.4 Å². The van der Waals surface area contributed by atoms with Crippen molar-refractivity contribution >= 4 is 6.29 Å². The van der Waals surface area contributed by atoms with Gasteiger partial charge in [0.05, 0.1) is 0 Å². The van der Waals surface area contributed by atoms with Gasteiger partial charge in [0.2, 0.25) is 0 Å². The average Bonchev–Trinajstić information content (AvgIpc) is 2.18. The highest BCUT2D eigenvalue weighted by atomic mass is 16.1. The Hall–Kier alpha value is -1.11. The molecule has 1 aromatic rings. The van der Waals surface area contributed by atoms with Crippen molar-refractivity contribution in [2.24, 2.45) is 5.41 Å². The normalized spacial score (nSPS) is 11.4. The molecule has 1 rings (SSSR count). The Bertz CT molecular complexity index is 313. The first-order chi connectivity index (χ1) is 6.59. The lowest BCUT2D eigenvalue weighted by Gasteiger charge is -2.18. The topological polar surface area (TPSA) is 17.1 Å². The van der Waals surface area contributed by atoms with Gasteiger partial charge in [-0.1, -0.05) is 45.0 Å². The molecule has 0 N–H and O–H groups in total. The summed E-state index contributed by atoms with van der Waals surface area (Å²) in [5.74, 6) is 0. The molecule has 0 aliphatic carbocycles. The number of rotatable bonds is 4. The smallest absolute Gasteiger partial charge is 0.125 e. The molecule has 0 unspecified atom stereocenters. The quantitative estimate of drug-likeness (QED) is 0.667. The zero-order valence-electron chi connectivity index (χ0n) is 9.21. The van der Waals surface area contributed by atoms with Gasteiger partial charge in [0.25, 0.3) is 0 Å². The number of hydrogen-bond acceptors (Lipinski definition) is 1. The Morgan fingerprint density at radius 2 is 1.79 bits per heavy atom. The van der Waals surface area contributed by atoms with Gasteiger partial charge in [-0.15, -0.1) is 0 Å². The summed E-state index contributed by atoms with van der Waals surface area (Å²) in [5, 5.41) is 0. The zero-order chi connectivity index (χ0) is 10.6. The van der Waals surface area contributed by atoms with Crippen LogP contribution in [0.3, 0.4) is 0 Å². The minimum atomic E-state index is -0.245. The Labute approximate surface area is 86.1 Å². The highest BCUT2D eigenvalue weighted by molar-refractivity contribution is 5.59. The Balaban J connectivity index is 2.90. The van der Waals surface area contributed by atoms with Gasteiger partial charge in [0, 0.05) is 5.41 Å². The fraction of sp³-hybridized carbons (Fsp3) is 0.462. The van der Waals surface area contributed by atoms with Crippen molar-refractivity contribution in [1.82, 2.24) is 0 Å². The van der Waals surface area contributed by atoms with E-state index in [1.54, 1.807) is 0 Å². The number of aryl methyl sites for hydroxylation is 1. The monoisotopic (exact) mass is 190 g/mol. The maximum absolute atomic E-state index is 10.8. The van der Waals surface area contributed by atoms with E-state index >= 15 is 0 Å². The first-order valence-electron chi connectivity index (χ1n) is 5.12. The second kappa shape index (κ2) is 4.41. The lowest BCUT2D eigenvalue weighted by Crippen LogP contribution is -2.17. The van der Waals surface area contributed by atoms with Gasteiger partial charge >= 0.3 is 0 Å². The van der Waals surface area contributed by atoms with E-state index in [0.29, 0.717) is 0 Å². The van der Waals surface area contributed by atoms with Crippen molar-refractivity contribution in [3.8, 4) is 0 Å². The minimum Gasteiger partial charge on any atom is -0.303 e. The molecule has 0 amide bonds. The minimum absolute atomic E-state index is 0.245. The number of benzene rings is 1. The van der Waals surface area contributed by atoms with Crippen LogP contribution in [0.2, 0.25) is 0 Å². The van der Waals surface area contributed by atoms with Gasteiger partial charge in [-0.25, -0.2) is 0 Å². The standard InChI is InChI=1S/C13H18O/c1-4-11-7-5-6-8-12(11)9-13(2,3)10-14/h5-8,10H,4,9H2,1-3H3. The number of aldehydes is 1. The lowest BCUT2D eigenvalue weighted by molar-refractivity contribution is -0.114.